The number of Topliss-reactive ketones (excluding diaryl/α,β-unsaturated/α-hetero) is 1. The summed E-state index contributed by atoms with van der Waals surface area (Å²) < 4.78 is 5.60. The van der Waals surface area contributed by atoms with Crippen LogP contribution in [0, 0.1) is 5.92 Å². The van der Waals surface area contributed by atoms with Crippen molar-refractivity contribution >= 4 is 35.3 Å². The first-order chi connectivity index (χ1) is 17.3. The van der Waals surface area contributed by atoms with Gasteiger partial charge >= 0.3 is 18.0 Å². The fraction of sp³-hybridized carbons (Fsp3) is 0.370. The van der Waals surface area contributed by atoms with E-state index in [2.05, 4.69) is 5.32 Å². The summed E-state index contributed by atoms with van der Waals surface area (Å²) in [5.74, 6) is -3.33. The first-order valence-corrected chi connectivity index (χ1v) is 11.8. The number of esters is 1. The van der Waals surface area contributed by atoms with Crippen LogP contribution in [0.25, 0.3) is 0 Å². The standard InChI is InChI=1S/C27H31N3O7/c1-15(31)19-14-20(25(35)37-27(2,3)4)30(23(19)16-9-6-5-7-10-16)21(32)13-17-11-8-12-18(24(33)34)22(17)29-26(28)36/h5-12,19-20,23H,13-14H2,1-4H3,(H,33,34)(H3,28,29,36). The molecule has 0 aromatic heterocycles. The lowest BCUT2D eigenvalue weighted by Gasteiger charge is -2.32. The van der Waals surface area contributed by atoms with E-state index in [4.69, 9.17) is 10.5 Å². The lowest BCUT2D eigenvalue weighted by molar-refractivity contribution is -0.164. The average Bonchev–Trinajstić information content (AvgIpc) is 3.20. The number of carboxylic acid groups (broad SMARTS) is 1. The molecule has 1 saturated heterocycles. The molecule has 1 aliphatic heterocycles. The van der Waals surface area contributed by atoms with Crippen LogP contribution in [0.15, 0.2) is 48.5 Å². The molecule has 3 unspecified atom stereocenters. The van der Waals surface area contributed by atoms with Crippen LogP contribution in [-0.2, 0) is 25.5 Å². The molecule has 0 radical (unpaired) electrons. The zero-order valence-corrected chi connectivity index (χ0v) is 21.2. The molecule has 4 N–H and O–H groups in total. The van der Waals surface area contributed by atoms with Crippen molar-refractivity contribution in [1.82, 2.24) is 4.90 Å². The predicted molar refractivity (Wildman–Crippen MR) is 135 cm³/mol. The number of ether oxygens (including phenoxy) is 1. The number of likely N-dealkylation sites (tertiary alicyclic amines) is 1. The van der Waals surface area contributed by atoms with E-state index in [0.29, 0.717) is 5.56 Å². The Labute approximate surface area is 214 Å². The van der Waals surface area contributed by atoms with Gasteiger partial charge < -0.3 is 25.8 Å². The van der Waals surface area contributed by atoms with Crippen LogP contribution in [0.3, 0.4) is 0 Å². The molecule has 1 aliphatic rings. The summed E-state index contributed by atoms with van der Waals surface area (Å²) in [4.78, 5) is 64.5. The largest absolute Gasteiger partial charge is 0.478 e. The molecule has 3 amide bonds. The number of amides is 3. The summed E-state index contributed by atoms with van der Waals surface area (Å²) in [6.45, 7) is 6.55. The Bertz CT molecular complexity index is 1220. The normalized spacial score (nSPS) is 19.2. The molecular weight excluding hydrogens is 478 g/mol. The first kappa shape index (κ1) is 27.4. The molecule has 3 rings (SSSR count). The molecule has 3 atom stereocenters. The monoisotopic (exact) mass is 509 g/mol. The van der Waals surface area contributed by atoms with Crippen molar-refractivity contribution in [2.45, 2.75) is 58.2 Å². The summed E-state index contributed by atoms with van der Waals surface area (Å²) in [5.41, 5.74) is 4.95. The van der Waals surface area contributed by atoms with Crippen molar-refractivity contribution in [3.8, 4) is 0 Å². The van der Waals surface area contributed by atoms with Gasteiger partial charge in [-0.05, 0) is 51.3 Å². The number of ketones is 1. The van der Waals surface area contributed by atoms with Gasteiger partial charge in [0.05, 0.1) is 23.7 Å². The van der Waals surface area contributed by atoms with Gasteiger partial charge in [0.15, 0.2) is 0 Å². The van der Waals surface area contributed by atoms with Gasteiger partial charge in [-0.2, -0.15) is 0 Å². The number of nitrogens with one attached hydrogen (secondary N) is 1. The molecule has 196 valence electrons. The number of nitrogens with zero attached hydrogens (tertiary/aromatic N) is 1. The smallest absolute Gasteiger partial charge is 0.337 e. The van der Waals surface area contributed by atoms with Crippen molar-refractivity contribution < 1.29 is 33.8 Å². The van der Waals surface area contributed by atoms with E-state index < -0.39 is 47.5 Å². The Kier molecular flexibility index (Phi) is 8.00. The minimum absolute atomic E-state index is 0.0805. The average molecular weight is 510 g/mol. The number of urea groups is 1. The molecule has 0 bridgehead atoms. The predicted octanol–water partition coefficient (Wildman–Crippen LogP) is 3.31. The lowest BCUT2D eigenvalue weighted by Crippen LogP contribution is -2.45. The minimum atomic E-state index is -1.32. The summed E-state index contributed by atoms with van der Waals surface area (Å²) in [5, 5.41) is 11.9. The fourth-order valence-electron chi connectivity index (χ4n) is 4.66. The number of para-hydroxylation sites is 1. The van der Waals surface area contributed by atoms with Gasteiger partial charge in [-0.15, -0.1) is 0 Å². The number of carbonyl (C=O) groups excluding carboxylic acids is 4. The van der Waals surface area contributed by atoms with E-state index in [1.54, 1.807) is 51.1 Å². The summed E-state index contributed by atoms with van der Waals surface area (Å²) in [6, 6.07) is 10.4. The van der Waals surface area contributed by atoms with E-state index in [9.17, 15) is 29.1 Å². The maximum atomic E-state index is 13.9. The zero-order chi connectivity index (χ0) is 27.5. The second-order valence-corrected chi connectivity index (χ2v) is 9.97. The van der Waals surface area contributed by atoms with Crippen LogP contribution in [-0.4, -0.2) is 51.3 Å². The van der Waals surface area contributed by atoms with E-state index in [-0.39, 0.29) is 35.4 Å². The molecule has 37 heavy (non-hydrogen) atoms. The SMILES string of the molecule is CC(=O)C1CC(C(=O)OC(C)(C)C)N(C(=O)Cc2cccc(C(=O)O)c2NC(N)=O)C1c1ccccc1. The number of aromatic carboxylic acids is 1. The van der Waals surface area contributed by atoms with Gasteiger partial charge in [0.1, 0.15) is 17.4 Å². The van der Waals surface area contributed by atoms with Crippen LogP contribution in [0.1, 0.15) is 61.6 Å². The summed E-state index contributed by atoms with van der Waals surface area (Å²) in [7, 11) is 0. The second kappa shape index (κ2) is 10.8. The van der Waals surface area contributed by atoms with Gasteiger partial charge in [0.2, 0.25) is 5.91 Å². The number of carbonyl (C=O) groups is 5. The minimum Gasteiger partial charge on any atom is -0.478 e. The van der Waals surface area contributed by atoms with Crippen molar-refractivity contribution in [2.24, 2.45) is 11.7 Å². The van der Waals surface area contributed by atoms with Crippen molar-refractivity contribution in [3.05, 3.63) is 65.2 Å². The Hall–Kier alpha value is -4.21. The van der Waals surface area contributed by atoms with Crippen LogP contribution in [0.5, 0.6) is 0 Å². The van der Waals surface area contributed by atoms with Gasteiger partial charge in [-0.1, -0.05) is 42.5 Å². The number of primary amides is 1. The lowest BCUT2D eigenvalue weighted by atomic mass is 9.90. The Balaban J connectivity index is 2.10. The number of rotatable bonds is 7. The molecule has 0 spiro atoms. The summed E-state index contributed by atoms with van der Waals surface area (Å²) in [6.07, 6.45) is -0.277. The van der Waals surface area contributed by atoms with Gasteiger partial charge in [-0.25, -0.2) is 14.4 Å². The van der Waals surface area contributed by atoms with E-state index >= 15 is 0 Å². The van der Waals surface area contributed by atoms with Crippen LogP contribution in [0.2, 0.25) is 0 Å². The summed E-state index contributed by atoms with van der Waals surface area (Å²) >= 11 is 0. The second-order valence-electron chi connectivity index (χ2n) is 9.97. The van der Waals surface area contributed by atoms with Crippen LogP contribution < -0.4 is 11.1 Å². The van der Waals surface area contributed by atoms with Crippen molar-refractivity contribution in [2.75, 3.05) is 5.32 Å². The first-order valence-electron chi connectivity index (χ1n) is 11.8. The molecular formula is C27H31N3O7. The number of nitrogens with two attached hydrogens (primary N) is 1. The number of hydrogen-bond acceptors (Lipinski definition) is 6. The molecule has 0 aliphatic carbocycles. The quantitative estimate of drug-likeness (QED) is 0.483. The van der Waals surface area contributed by atoms with Crippen molar-refractivity contribution in [1.29, 1.82) is 0 Å². The topological polar surface area (TPSA) is 156 Å². The molecule has 1 fully saturated rings. The van der Waals surface area contributed by atoms with Gasteiger partial charge in [0.25, 0.3) is 0 Å². The number of benzene rings is 2. The molecule has 10 heteroatoms. The van der Waals surface area contributed by atoms with Crippen LogP contribution >= 0.6 is 0 Å². The third kappa shape index (κ3) is 6.32. The van der Waals surface area contributed by atoms with Crippen LogP contribution in [0.4, 0.5) is 10.5 Å². The molecule has 2 aromatic rings. The zero-order valence-electron chi connectivity index (χ0n) is 21.2. The third-order valence-corrected chi connectivity index (χ3v) is 6.09. The van der Waals surface area contributed by atoms with Gasteiger partial charge in [0, 0.05) is 5.92 Å². The Morgan fingerprint density at radius 1 is 1.05 bits per heavy atom. The molecule has 0 saturated carbocycles. The molecule has 10 nitrogen and oxygen atoms in total. The number of anilines is 1. The van der Waals surface area contributed by atoms with E-state index in [1.807, 2.05) is 0 Å². The fourth-order valence-corrected chi connectivity index (χ4v) is 4.66. The molecule has 1 heterocycles. The number of hydrogen-bond donors (Lipinski definition) is 3. The van der Waals surface area contributed by atoms with Gasteiger partial charge in [-0.3, -0.25) is 9.59 Å². The maximum Gasteiger partial charge on any atom is 0.337 e. The highest BCUT2D eigenvalue weighted by Gasteiger charge is 2.50. The van der Waals surface area contributed by atoms with E-state index in [0.717, 1.165) is 0 Å². The Morgan fingerprint density at radius 3 is 2.24 bits per heavy atom. The highest BCUT2D eigenvalue weighted by atomic mass is 16.6. The highest BCUT2D eigenvalue weighted by Crippen LogP contribution is 2.43. The third-order valence-electron chi connectivity index (χ3n) is 6.09. The number of carboxylic acids is 1. The maximum absolute atomic E-state index is 13.9. The highest BCUT2D eigenvalue weighted by molar-refractivity contribution is 6.01. The van der Waals surface area contributed by atoms with E-state index in [1.165, 1.54) is 30.0 Å². The van der Waals surface area contributed by atoms with Crippen molar-refractivity contribution in [3.63, 3.8) is 0 Å². The molecule has 2 aromatic carbocycles. The Morgan fingerprint density at radius 2 is 1.70 bits per heavy atom.